The predicted octanol–water partition coefficient (Wildman–Crippen LogP) is 2.98. The van der Waals surface area contributed by atoms with Crippen LogP contribution in [-0.2, 0) is 10.0 Å². The number of rotatable bonds is 6. The maximum Gasteiger partial charge on any atom is 0.250 e. The first kappa shape index (κ1) is 17.8. The number of benzene rings is 1. The largest absolute Gasteiger partial charge is 0.454 e. The molecule has 1 saturated heterocycles. The zero-order valence-electron chi connectivity index (χ0n) is 14.4. The van der Waals surface area contributed by atoms with Gasteiger partial charge in [-0.15, -0.1) is 11.3 Å². The van der Waals surface area contributed by atoms with Gasteiger partial charge in [0.1, 0.15) is 4.21 Å². The Morgan fingerprint density at radius 3 is 2.69 bits per heavy atom. The van der Waals surface area contributed by atoms with Gasteiger partial charge in [0.25, 0.3) is 0 Å². The van der Waals surface area contributed by atoms with Gasteiger partial charge >= 0.3 is 0 Å². The van der Waals surface area contributed by atoms with E-state index in [1.807, 2.05) is 18.2 Å². The van der Waals surface area contributed by atoms with E-state index in [1.54, 1.807) is 17.5 Å². The van der Waals surface area contributed by atoms with Gasteiger partial charge in [0.2, 0.25) is 16.8 Å². The van der Waals surface area contributed by atoms with Crippen molar-refractivity contribution in [3.8, 4) is 11.5 Å². The highest BCUT2D eigenvalue weighted by Gasteiger charge is 2.26. The molecule has 3 heterocycles. The van der Waals surface area contributed by atoms with Crippen LogP contribution in [0.2, 0.25) is 0 Å². The molecule has 1 atom stereocenters. The molecule has 2 aliphatic heterocycles. The molecule has 1 N–H and O–H groups in total. The Morgan fingerprint density at radius 2 is 1.92 bits per heavy atom. The molecule has 0 radical (unpaired) electrons. The van der Waals surface area contributed by atoms with Crippen LogP contribution in [0.3, 0.4) is 0 Å². The zero-order chi connectivity index (χ0) is 18.0. The van der Waals surface area contributed by atoms with Gasteiger partial charge in [0.05, 0.1) is 0 Å². The van der Waals surface area contributed by atoms with E-state index in [-0.39, 0.29) is 12.8 Å². The maximum atomic E-state index is 12.5. The molecular formula is C18H22N2O4S2. The molecule has 2 aliphatic rings. The summed E-state index contributed by atoms with van der Waals surface area (Å²) in [4.78, 5) is 2.36. The molecule has 1 unspecified atom stereocenters. The van der Waals surface area contributed by atoms with E-state index < -0.39 is 10.0 Å². The molecule has 1 aromatic carbocycles. The molecular weight excluding hydrogens is 372 g/mol. The lowest BCUT2D eigenvalue weighted by atomic mass is 10.0. The number of hydrogen-bond acceptors (Lipinski definition) is 6. The van der Waals surface area contributed by atoms with E-state index in [2.05, 4.69) is 9.62 Å². The summed E-state index contributed by atoms with van der Waals surface area (Å²) >= 11 is 1.23. The van der Waals surface area contributed by atoms with Crippen molar-refractivity contribution >= 4 is 21.4 Å². The summed E-state index contributed by atoms with van der Waals surface area (Å²) in [5, 5.41) is 1.77. The van der Waals surface area contributed by atoms with E-state index >= 15 is 0 Å². The van der Waals surface area contributed by atoms with E-state index in [9.17, 15) is 8.42 Å². The van der Waals surface area contributed by atoms with Crippen molar-refractivity contribution < 1.29 is 17.9 Å². The first-order valence-electron chi connectivity index (χ1n) is 8.80. The SMILES string of the molecule is O=S(=O)(NCC(c1ccc2c(c1)OCO2)N1CCCCC1)c1cccs1. The van der Waals surface area contributed by atoms with E-state index in [0.29, 0.717) is 10.8 Å². The number of ether oxygens (including phenoxy) is 2. The Morgan fingerprint density at radius 1 is 1.12 bits per heavy atom. The van der Waals surface area contributed by atoms with Crippen LogP contribution < -0.4 is 14.2 Å². The van der Waals surface area contributed by atoms with Crippen LogP contribution in [0.5, 0.6) is 11.5 Å². The highest BCUT2D eigenvalue weighted by atomic mass is 32.2. The summed E-state index contributed by atoms with van der Waals surface area (Å²) in [6.45, 7) is 2.51. The Balaban J connectivity index is 1.57. The van der Waals surface area contributed by atoms with Crippen LogP contribution in [0, 0.1) is 0 Å². The van der Waals surface area contributed by atoms with Crippen molar-refractivity contribution in [2.24, 2.45) is 0 Å². The quantitative estimate of drug-likeness (QED) is 0.816. The van der Waals surface area contributed by atoms with Crippen molar-refractivity contribution in [1.29, 1.82) is 0 Å². The second kappa shape index (κ2) is 7.56. The minimum atomic E-state index is -3.48. The lowest BCUT2D eigenvalue weighted by Crippen LogP contribution is -2.40. The average molecular weight is 395 g/mol. The van der Waals surface area contributed by atoms with Crippen molar-refractivity contribution in [3.05, 3.63) is 41.3 Å². The van der Waals surface area contributed by atoms with Gasteiger partial charge in [0, 0.05) is 12.6 Å². The third kappa shape index (κ3) is 3.73. The number of sulfonamides is 1. The third-order valence-electron chi connectivity index (χ3n) is 4.84. The fourth-order valence-electron chi connectivity index (χ4n) is 3.48. The molecule has 1 fully saturated rings. The van der Waals surface area contributed by atoms with Gasteiger partial charge in [-0.3, -0.25) is 4.90 Å². The number of nitrogens with zero attached hydrogens (tertiary/aromatic N) is 1. The van der Waals surface area contributed by atoms with Crippen molar-refractivity contribution in [3.63, 3.8) is 0 Å². The molecule has 0 saturated carbocycles. The summed E-state index contributed by atoms with van der Waals surface area (Å²) in [5.41, 5.74) is 1.05. The lowest BCUT2D eigenvalue weighted by Gasteiger charge is -2.35. The molecule has 140 valence electrons. The normalized spacial score (nSPS) is 18.8. The lowest BCUT2D eigenvalue weighted by molar-refractivity contribution is 0.164. The monoisotopic (exact) mass is 394 g/mol. The highest BCUT2D eigenvalue weighted by Crippen LogP contribution is 2.36. The summed E-state index contributed by atoms with van der Waals surface area (Å²) in [5.74, 6) is 1.47. The fraction of sp³-hybridized carbons (Fsp3) is 0.444. The minimum Gasteiger partial charge on any atom is -0.454 e. The summed E-state index contributed by atoms with van der Waals surface area (Å²) < 4.78 is 39.1. The molecule has 8 heteroatoms. The number of thiophene rings is 1. The topological polar surface area (TPSA) is 67.9 Å². The number of fused-ring (bicyclic) bond motifs is 1. The molecule has 26 heavy (non-hydrogen) atoms. The van der Waals surface area contributed by atoms with Crippen molar-refractivity contribution in [2.45, 2.75) is 29.5 Å². The minimum absolute atomic E-state index is 0.0282. The standard InChI is InChI=1S/C18H22N2O4S2/c21-26(22,18-5-4-10-25-18)19-12-15(20-8-2-1-3-9-20)14-6-7-16-17(11-14)24-13-23-16/h4-7,10-11,15,19H,1-3,8-9,12-13H2. The summed E-state index contributed by atoms with van der Waals surface area (Å²) in [6, 6.07) is 9.23. The highest BCUT2D eigenvalue weighted by molar-refractivity contribution is 7.91. The molecule has 0 bridgehead atoms. The van der Waals surface area contributed by atoms with Gasteiger partial charge in [-0.2, -0.15) is 0 Å². The molecule has 6 nitrogen and oxygen atoms in total. The van der Waals surface area contributed by atoms with Crippen LogP contribution in [0.1, 0.15) is 30.9 Å². The third-order valence-corrected chi connectivity index (χ3v) is 7.66. The molecule has 1 aromatic heterocycles. The number of nitrogens with one attached hydrogen (secondary N) is 1. The van der Waals surface area contributed by atoms with E-state index in [0.717, 1.165) is 43.0 Å². The van der Waals surface area contributed by atoms with E-state index in [4.69, 9.17) is 9.47 Å². The van der Waals surface area contributed by atoms with Gasteiger partial charge in [-0.25, -0.2) is 13.1 Å². The molecule has 0 spiro atoms. The number of piperidine rings is 1. The molecule has 0 aliphatic carbocycles. The molecule has 4 rings (SSSR count). The summed E-state index contributed by atoms with van der Waals surface area (Å²) in [6.07, 6.45) is 3.50. The first-order valence-corrected chi connectivity index (χ1v) is 11.2. The van der Waals surface area contributed by atoms with Crippen LogP contribution >= 0.6 is 11.3 Å². The first-order chi connectivity index (χ1) is 12.6. The Bertz CT molecular complexity index is 846. The maximum absolute atomic E-state index is 12.5. The van der Waals surface area contributed by atoms with Crippen LogP contribution in [0.4, 0.5) is 0 Å². The van der Waals surface area contributed by atoms with Crippen LogP contribution in [-0.4, -0.2) is 39.7 Å². The van der Waals surface area contributed by atoms with E-state index in [1.165, 1.54) is 17.8 Å². The van der Waals surface area contributed by atoms with Gasteiger partial charge < -0.3 is 9.47 Å². The van der Waals surface area contributed by atoms with Gasteiger partial charge in [0.15, 0.2) is 11.5 Å². The van der Waals surface area contributed by atoms with Crippen molar-refractivity contribution in [1.82, 2.24) is 9.62 Å². The van der Waals surface area contributed by atoms with Crippen LogP contribution in [0.25, 0.3) is 0 Å². The Hall–Kier alpha value is -1.61. The Kier molecular flexibility index (Phi) is 5.17. The van der Waals surface area contributed by atoms with Gasteiger partial charge in [-0.05, 0) is 55.1 Å². The summed E-state index contributed by atoms with van der Waals surface area (Å²) in [7, 11) is -3.48. The number of hydrogen-bond donors (Lipinski definition) is 1. The second-order valence-electron chi connectivity index (χ2n) is 6.51. The zero-order valence-corrected chi connectivity index (χ0v) is 16.0. The Labute approximate surface area is 157 Å². The second-order valence-corrected chi connectivity index (χ2v) is 9.45. The van der Waals surface area contributed by atoms with Gasteiger partial charge in [-0.1, -0.05) is 18.6 Å². The average Bonchev–Trinajstić information content (AvgIpc) is 3.34. The molecule has 0 amide bonds. The number of likely N-dealkylation sites (tertiary alicyclic amines) is 1. The predicted molar refractivity (Wildman–Crippen MR) is 100 cm³/mol. The van der Waals surface area contributed by atoms with Crippen molar-refractivity contribution in [2.75, 3.05) is 26.4 Å². The smallest absolute Gasteiger partial charge is 0.250 e. The fourth-order valence-corrected chi connectivity index (χ4v) is 5.56. The molecule has 2 aromatic rings. The van der Waals surface area contributed by atoms with Crippen LogP contribution in [0.15, 0.2) is 39.9 Å².